The minimum absolute atomic E-state index is 0.243. The number of fused-ring (bicyclic) bond motifs is 1. The van der Waals surface area contributed by atoms with Crippen LogP contribution >= 0.6 is 11.3 Å². The van der Waals surface area contributed by atoms with E-state index >= 15 is 0 Å². The van der Waals surface area contributed by atoms with Crippen LogP contribution in [0.5, 0.6) is 11.5 Å². The zero-order chi connectivity index (χ0) is 23.5. The highest BCUT2D eigenvalue weighted by Crippen LogP contribution is 2.40. The molecule has 3 amide bonds. The fraction of sp³-hybridized carbons (Fsp3) is 0.409. The fourth-order valence-corrected chi connectivity index (χ4v) is 4.63. The van der Waals surface area contributed by atoms with Gasteiger partial charge in [-0.15, -0.1) is 11.3 Å². The predicted molar refractivity (Wildman–Crippen MR) is 120 cm³/mol. The quantitative estimate of drug-likeness (QED) is 0.541. The van der Waals surface area contributed by atoms with E-state index < -0.39 is 23.3 Å². The molecule has 1 aliphatic heterocycles. The zero-order valence-corrected chi connectivity index (χ0v) is 19.3. The van der Waals surface area contributed by atoms with E-state index in [0.29, 0.717) is 30.9 Å². The summed E-state index contributed by atoms with van der Waals surface area (Å²) in [7, 11) is 3.10. The summed E-state index contributed by atoms with van der Waals surface area (Å²) in [6.45, 7) is 4.40. The summed E-state index contributed by atoms with van der Waals surface area (Å²) in [5.74, 6) is -1.12. The molecule has 1 aliphatic rings. The van der Waals surface area contributed by atoms with Crippen LogP contribution in [0.15, 0.2) is 18.2 Å². The molecule has 0 aliphatic carbocycles. The van der Waals surface area contributed by atoms with Crippen molar-refractivity contribution in [3.63, 3.8) is 0 Å². The number of methoxy groups -OCH3 is 2. The zero-order valence-electron chi connectivity index (χ0n) is 18.5. The Hall–Kier alpha value is -3.11. The van der Waals surface area contributed by atoms with Gasteiger partial charge in [-0.05, 0) is 43.5 Å². The summed E-state index contributed by atoms with van der Waals surface area (Å²) >= 11 is 1.20. The van der Waals surface area contributed by atoms with E-state index in [2.05, 4.69) is 10.6 Å². The molecule has 0 atom stereocenters. The number of carbonyl (C=O) groups is 3. The third-order valence-electron chi connectivity index (χ3n) is 5.11. The molecule has 0 radical (unpaired) electrons. The van der Waals surface area contributed by atoms with Gasteiger partial charge in [0.2, 0.25) is 0 Å². The van der Waals surface area contributed by atoms with Crippen molar-refractivity contribution in [2.24, 2.45) is 5.73 Å². The van der Waals surface area contributed by atoms with E-state index in [1.807, 2.05) is 26.0 Å². The smallest absolute Gasteiger partial charge is 0.314 e. The number of thiophene rings is 1. The maximum absolute atomic E-state index is 12.4. The first-order chi connectivity index (χ1) is 15.1. The predicted octanol–water partition coefficient (Wildman–Crippen LogP) is 2.01. The Labute approximate surface area is 190 Å². The van der Waals surface area contributed by atoms with Crippen LogP contribution in [-0.2, 0) is 33.8 Å². The average molecular weight is 462 g/mol. The van der Waals surface area contributed by atoms with Gasteiger partial charge in [0.15, 0.2) is 11.5 Å². The average Bonchev–Trinajstić information content (AvgIpc) is 3.09. The van der Waals surface area contributed by atoms with Crippen LogP contribution in [0.2, 0.25) is 0 Å². The molecule has 32 heavy (non-hydrogen) atoms. The maximum atomic E-state index is 12.4. The lowest BCUT2D eigenvalue weighted by molar-refractivity contribution is -0.136. The molecule has 0 bridgehead atoms. The van der Waals surface area contributed by atoms with Crippen molar-refractivity contribution >= 4 is 34.1 Å². The number of rotatable bonds is 7. The molecule has 10 heteroatoms. The number of primary amides is 1. The number of amides is 3. The normalized spacial score (nSPS) is 14.2. The molecule has 2 heterocycles. The van der Waals surface area contributed by atoms with Crippen molar-refractivity contribution in [1.29, 1.82) is 0 Å². The molecule has 0 fully saturated rings. The van der Waals surface area contributed by atoms with Crippen LogP contribution in [0.25, 0.3) is 0 Å². The molecule has 2 aromatic rings. The number of carbonyl (C=O) groups excluding carboxylic acids is 3. The van der Waals surface area contributed by atoms with E-state index in [1.54, 1.807) is 20.3 Å². The van der Waals surface area contributed by atoms with Gasteiger partial charge in [-0.25, -0.2) is 0 Å². The van der Waals surface area contributed by atoms with Crippen molar-refractivity contribution in [3.8, 4) is 11.5 Å². The summed E-state index contributed by atoms with van der Waals surface area (Å²) in [5.41, 5.74) is 7.05. The maximum Gasteiger partial charge on any atom is 0.314 e. The van der Waals surface area contributed by atoms with Crippen LogP contribution in [-0.4, -0.2) is 44.1 Å². The third kappa shape index (κ3) is 5.20. The van der Waals surface area contributed by atoms with E-state index in [4.69, 9.17) is 19.9 Å². The first kappa shape index (κ1) is 23.6. The number of anilines is 1. The number of benzene rings is 1. The Morgan fingerprint density at radius 3 is 2.53 bits per heavy atom. The number of hydrogen-bond acceptors (Lipinski definition) is 7. The molecule has 1 aromatic carbocycles. The highest BCUT2D eigenvalue weighted by Gasteiger charge is 2.33. The Balaban J connectivity index is 1.62. The van der Waals surface area contributed by atoms with Crippen molar-refractivity contribution in [3.05, 3.63) is 39.8 Å². The van der Waals surface area contributed by atoms with Gasteiger partial charge in [-0.3, -0.25) is 14.4 Å². The van der Waals surface area contributed by atoms with Crippen molar-refractivity contribution in [1.82, 2.24) is 5.32 Å². The standard InChI is InChI=1S/C22H27N3O6S/c1-22(2)10-13-16(11-31-22)32-21(17(13)18(23)26)25-20(28)19(27)24-8-7-12-5-6-14(29-3)15(9-12)30-4/h5-6,9H,7-8,10-11H2,1-4H3,(H2,23,26)(H,24,27)(H,25,28). The highest BCUT2D eigenvalue weighted by molar-refractivity contribution is 7.17. The molecule has 0 saturated heterocycles. The second-order valence-corrected chi connectivity index (χ2v) is 9.05. The summed E-state index contributed by atoms with van der Waals surface area (Å²) in [4.78, 5) is 37.6. The lowest BCUT2D eigenvalue weighted by Crippen LogP contribution is -2.36. The Morgan fingerprint density at radius 1 is 1.16 bits per heavy atom. The second kappa shape index (κ2) is 9.58. The second-order valence-electron chi connectivity index (χ2n) is 7.95. The topological polar surface area (TPSA) is 129 Å². The molecular weight excluding hydrogens is 434 g/mol. The van der Waals surface area contributed by atoms with Crippen molar-refractivity contribution in [2.75, 3.05) is 26.1 Å². The largest absolute Gasteiger partial charge is 0.493 e. The SMILES string of the molecule is COc1ccc(CCNC(=O)C(=O)Nc2sc3c(c2C(N)=O)CC(C)(C)OC3)cc1OC. The lowest BCUT2D eigenvalue weighted by atomic mass is 9.93. The molecular formula is C22H27N3O6S. The molecule has 9 nitrogen and oxygen atoms in total. The van der Waals surface area contributed by atoms with Crippen molar-refractivity contribution in [2.45, 2.75) is 38.9 Å². The monoisotopic (exact) mass is 461 g/mol. The van der Waals surface area contributed by atoms with Gasteiger partial charge in [-0.1, -0.05) is 6.07 Å². The Morgan fingerprint density at radius 2 is 1.88 bits per heavy atom. The number of hydrogen-bond donors (Lipinski definition) is 3. The van der Waals surface area contributed by atoms with Gasteiger partial charge in [0, 0.05) is 17.8 Å². The molecule has 0 saturated carbocycles. The lowest BCUT2D eigenvalue weighted by Gasteiger charge is -2.30. The fourth-order valence-electron chi connectivity index (χ4n) is 3.50. The Bertz CT molecular complexity index is 1050. The van der Waals surface area contributed by atoms with E-state index in [1.165, 1.54) is 11.3 Å². The minimum Gasteiger partial charge on any atom is -0.493 e. The van der Waals surface area contributed by atoms with Crippen LogP contribution in [0.1, 0.15) is 40.2 Å². The first-order valence-electron chi connectivity index (χ1n) is 10.0. The van der Waals surface area contributed by atoms with Gasteiger partial charge in [-0.2, -0.15) is 0 Å². The summed E-state index contributed by atoms with van der Waals surface area (Å²) in [6.07, 6.45) is 0.982. The van der Waals surface area contributed by atoms with Crippen LogP contribution in [0, 0.1) is 0 Å². The van der Waals surface area contributed by atoms with E-state index in [-0.39, 0.29) is 17.1 Å². The summed E-state index contributed by atoms with van der Waals surface area (Å²) in [6, 6.07) is 5.44. The minimum atomic E-state index is -0.862. The number of nitrogens with one attached hydrogen (secondary N) is 2. The van der Waals surface area contributed by atoms with Gasteiger partial charge < -0.3 is 30.6 Å². The van der Waals surface area contributed by atoms with Gasteiger partial charge in [0.25, 0.3) is 5.91 Å². The molecule has 1 aromatic heterocycles. The molecule has 172 valence electrons. The van der Waals surface area contributed by atoms with Crippen LogP contribution in [0.4, 0.5) is 5.00 Å². The number of nitrogens with two attached hydrogens (primary N) is 1. The summed E-state index contributed by atoms with van der Waals surface area (Å²) in [5, 5.41) is 5.38. The van der Waals surface area contributed by atoms with Crippen LogP contribution in [0.3, 0.4) is 0 Å². The Kier molecular flexibility index (Phi) is 7.05. The third-order valence-corrected chi connectivity index (χ3v) is 6.24. The molecule has 0 unspecified atom stereocenters. The van der Waals surface area contributed by atoms with Crippen LogP contribution < -0.4 is 25.8 Å². The van der Waals surface area contributed by atoms with Gasteiger partial charge in [0.1, 0.15) is 5.00 Å². The van der Waals surface area contributed by atoms with Gasteiger partial charge in [0.05, 0.1) is 32.0 Å². The molecule has 3 rings (SSSR count). The summed E-state index contributed by atoms with van der Waals surface area (Å²) < 4.78 is 16.2. The van der Waals surface area contributed by atoms with Gasteiger partial charge >= 0.3 is 11.8 Å². The highest BCUT2D eigenvalue weighted by atomic mass is 32.1. The van der Waals surface area contributed by atoms with E-state index in [9.17, 15) is 14.4 Å². The molecule has 4 N–H and O–H groups in total. The number of ether oxygens (including phenoxy) is 3. The van der Waals surface area contributed by atoms with E-state index in [0.717, 1.165) is 16.0 Å². The first-order valence-corrected chi connectivity index (χ1v) is 10.8. The molecule has 0 spiro atoms. The van der Waals surface area contributed by atoms with Crippen molar-refractivity contribution < 1.29 is 28.6 Å².